The molecule has 41 heavy (non-hydrogen) atoms. The number of unbranched alkanes of at least 4 members (excludes halogenated alkanes) is 15. The number of hydrogen-bond donors (Lipinski definition) is 1. The molecule has 0 aliphatic carbocycles. The molecule has 0 aromatic carbocycles. The second-order valence-electron chi connectivity index (χ2n) is 11.8. The van der Waals surface area contributed by atoms with Crippen LogP contribution in [0.2, 0.25) is 0 Å². The van der Waals surface area contributed by atoms with Crippen molar-refractivity contribution in [1.29, 1.82) is 0 Å². The maximum Gasteiger partial charge on any atom is 0.313 e. The lowest BCUT2D eigenvalue weighted by Crippen LogP contribution is -2.12. The molecule has 0 spiro atoms. The van der Waals surface area contributed by atoms with Crippen LogP contribution in [-0.4, -0.2) is 28.5 Å². The summed E-state index contributed by atoms with van der Waals surface area (Å²) in [6.07, 6.45) is 35.6. The molecule has 0 bridgehead atoms. The number of aliphatic hydroxyl groups is 1. The highest BCUT2D eigenvalue weighted by Crippen LogP contribution is 2.16. The molecule has 240 valence electrons. The van der Waals surface area contributed by atoms with Gasteiger partial charge in [0.1, 0.15) is 0 Å². The molecule has 0 heterocycles. The molecule has 0 aromatic heterocycles. The predicted octanol–water partition coefficient (Wildman–Crippen LogP) is 11.3. The van der Waals surface area contributed by atoms with E-state index in [4.69, 9.17) is 16.3 Å². The highest BCUT2D eigenvalue weighted by atomic mass is 35.5. The Balaban J connectivity index is 3.54. The van der Waals surface area contributed by atoms with Crippen LogP contribution < -0.4 is 0 Å². The Hall–Kier alpha value is -1.13. The SMILES string of the molecule is CCCCCCCC/C=C\CCCC(Cl)CCCC(=O)OC(=O)CCCCCCC/C=C\C[C@H](O)CCCCCC. The summed E-state index contributed by atoms with van der Waals surface area (Å²) in [6, 6.07) is 0. The lowest BCUT2D eigenvalue weighted by molar-refractivity contribution is -0.159. The molecule has 0 saturated carbocycles. The van der Waals surface area contributed by atoms with Gasteiger partial charge >= 0.3 is 11.9 Å². The van der Waals surface area contributed by atoms with Crippen molar-refractivity contribution >= 4 is 23.5 Å². The standard InChI is InChI=1S/C36H65ClO4/c1-3-5-7-9-10-11-12-13-16-19-22-27-33(37)28-26-32-36(40)41-35(39)31-25-21-18-15-14-17-20-24-30-34(38)29-23-8-6-4-2/h13,16,20,24,33-34,38H,3-12,14-15,17-19,21-23,25-32H2,1-2H3/b16-13-,24-20-/t33?,34-/m1/s1. The van der Waals surface area contributed by atoms with E-state index < -0.39 is 11.9 Å². The van der Waals surface area contributed by atoms with Crippen molar-refractivity contribution in [3.05, 3.63) is 24.3 Å². The smallest absolute Gasteiger partial charge is 0.313 e. The van der Waals surface area contributed by atoms with Gasteiger partial charge in [-0.2, -0.15) is 0 Å². The molecule has 5 heteroatoms. The van der Waals surface area contributed by atoms with Gasteiger partial charge < -0.3 is 9.84 Å². The van der Waals surface area contributed by atoms with E-state index in [0.717, 1.165) is 83.5 Å². The van der Waals surface area contributed by atoms with Gasteiger partial charge in [0.05, 0.1) is 6.10 Å². The number of esters is 2. The fourth-order valence-electron chi connectivity index (χ4n) is 4.93. The Labute approximate surface area is 259 Å². The predicted molar refractivity (Wildman–Crippen MR) is 176 cm³/mol. The van der Waals surface area contributed by atoms with Crippen molar-refractivity contribution in [2.45, 2.75) is 192 Å². The zero-order valence-electron chi connectivity index (χ0n) is 26.9. The largest absolute Gasteiger partial charge is 0.393 e. The average Bonchev–Trinajstić information content (AvgIpc) is 2.95. The Morgan fingerprint density at radius 3 is 1.68 bits per heavy atom. The van der Waals surface area contributed by atoms with Gasteiger partial charge in [0.2, 0.25) is 0 Å². The van der Waals surface area contributed by atoms with Crippen LogP contribution in [0.25, 0.3) is 0 Å². The molecule has 0 aliphatic heterocycles. The van der Waals surface area contributed by atoms with Crippen LogP contribution >= 0.6 is 11.6 Å². The first-order chi connectivity index (χ1) is 20.0. The van der Waals surface area contributed by atoms with Crippen molar-refractivity contribution in [3.63, 3.8) is 0 Å². The highest BCUT2D eigenvalue weighted by molar-refractivity contribution is 6.20. The summed E-state index contributed by atoms with van der Waals surface area (Å²) in [6.45, 7) is 4.45. The maximum atomic E-state index is 12.0. The minimum absolute atomic E-state index is 0.0767. The first-order valence-electron chi connectivity index (χ1n) is 17.3. The molecule has 0 aliphatic rings. The number of rotatable bonds is 30. The Morgan fingerprint density at radius 2 is 1.05 bits per heavy atom. The summed E-state index contributed by atoms with van der Waals surface area (Å²) in [5.74, 6) is -0.823. The summed E-state index contributed by atoms with van der Waals surface area (Å²) in [4.78, 5) is 23.9. The van der Waals surface area contributed by atoms with Crippen molar-refractivity contribution < 1.29 is 19.4 Å². The first-order valence-corrected chi connectivity index (χ1v) is 17.8. The third-order valence-corrected chi connectivity index (χ3v) is 8.06. The molecule has 1 unspecified atom stereocenters. The molecule has 0 rings (SSSR count). The van der Waals surface area contributed by atoms with Crippen molar-refractivity contribution in [2.75, 3.05) is 0 Å². The van der Waals surface area contributed by atoms with E-state index in [2.05, 4.69) is 38.2 Å². The summed E-state index contributed by atoms with van der Waals surface area (Å²) < 4.78 is 4.97. The first kappa shape index (κ1) is 39.9. The normalized spacial score (nSPS) is 13.3. The quantitative estimate of drug-likeness (QED) is 0.0294. The number of hydrogen-bond acceptors (Lipinski definition) is 4. The molecular formula is C36H65ClO4. The number of aliphatic hydroxyl groups excluding tert-OH is 1. The van der Waals surface area contributed by atoms with Crippen LogP contribution in [0.15, 0.2) is 24.3 Å². The van der Waals surface area contributed by atoms with Gasteiger partial charge in [-0.15, -0.1) is 11.6 Å². The minimum Gasteiger partial charge on any atom is -0.393 e. The van der Waals surface area contributed by atoms with Gasteiger partial charge in [-0.3, -0.25) is 9.59 Å². The third-order valence-electron chi connectivity index (χ3n) is 7.62. The van der Waals surface area contributed by atoms with E-state index in [1.54, 1.807) is 0 Å². The van der Waals surface area contributed by atoms with Crippen LogP contribution in [0.5, 0.6) is 0 Å². The average molecular weight is 597 g/mol. The van der Waals surface area contributed by atoms with Crippen LogP contribution in [0.4, 0.5) is 0 Å². The lowest BCUT2D eigenvalue weighted by Gasteiger charge is -2.08. The highest BCUT2D eigenvalue weighted by Gasteiger charge is 2.12. The number of carbonyl (C=O) groups is 2. The fourth-order valence-corrected chi connectivity index (χ4v) is 5.24. The second kappa shape index (κ2) is 31.8. The van der Waals surface area contributed by atoms with Crippen molar-refractivity contribution in [2.24, 2.45) is 0 Å². The van der Waals surface area contributed by atoms with Gasteiger partial charge in [-0.1, -0.05) is 115 Å². The summed E-state index contributed by atoms with van der Waals surface area (Å²) in [5.41, 5.74) is 0. The van der Waals surface area contributed by atoms with E-state index in [0.29, 0.717) is 12.8 Å². The third kappa shape index (κ3) is 31.6. The number of alkyl halides is 1. The van der Waals surface area contributed by atoms with E-state index in [1.165, 1.54) is 64.2 Å². The molecule has 0 saturated heterocycles. The second-order valence-corrected chi connectivity index (χ2v) is 12.4. The van der Waals surface area contributed by atoms with Crippen molar-refractivity contribution in [1.82, 2.24) is 0 Å². The molecule has 0 radical (unpaired) electrons. The number of carbonyl (C=O) groups excluding carboxylic acids is 2. The lowest BCUT2D eigenvalue weighted by atomic mass is 10.1. The molecule has 4 nitrogen and oxygen atoms in total. The summed E-state index contributed by atoms with van der Waals surface area (Å²) in [7, 11) is 0. The van der Waals surface area contributed by atoms with Crippen LogP contribution in [0.3, 0.4) is 0 Å². The monoisotopic (exact) mass is 596 g/mol. The number of allylic oxidation sites excluding steroid dienone is 3. The van der Waals surface area contributed by atoms with Gasteiger partial charge in [0, 0.05) is 18.2 Å². The zero-order valence-corrected chi connectivity index (χ0v) is 27.7. The van der Waals surface area contributed by atoms with Gasteiger partial charge in [-0.25, -0.2) is 0 Å². The Morgan fingerprint density at radius 1 is 0.585 bits per heavy atom. The molecule has 0 aromatic rings. The topological polar surface area (TPSA) is 63.6 Å². The maximum absolute atomic E-state index is 12.0. The summed E-state index contributed by atoms with van der Waals surface area (Å²) >= 11 is 6.42. The van der Waals surface area contributed by atoms with E-state index in [1.807, 2.05) is 0 Å². The molecular weight excluding hydrogens is 532 g/mol. The minimum atomic E-state index is -0.422. The Kier molecular flexibility index (Phi) is 30.9. The molecule has 1 N–H and O–H groups in total. The van der Waals surface area contributed by atoms with Crippen LogP contribution in [0, 0.1) is 0 Å². The van der Waals surface area contributed by atoms with Crippen LogP contribution in [-0.2, 0) is 14.3 Å². The van der Waals surface area contributed by atoms with Gasteiger partial charge in [-0.05, 0) is 77.0 Å². The summed E-state index contributed by atoms with van der Waals surface area (Å²) in [5, 5.41) is 10.1. The van der Waals surface area contributed by atoms with E-state index >= 15 is 0 Å². The van der Waals surface area contributed by atoms with Gasteiger partial charge in [0.15, 0.2) is 0 Å². The van der Waals surface area contributed by atoms with Crippen LogP contribution in [0.1, 0.15) is 181 Å². The van der Waals surface area contributed by atoms with E-state index in [9.17, 15) is 14.7 Å². The zero-order chi connectivity index (χ0) is 30.2. The number of ether oxygens (including phenoxy) is 1. The molecule has 0 fully saturated rings. The van der Waals surface area contributed by atoms with Crippen molar-refractivity contribution in [3.8, 4) is 0 Å². The fraction of sp³-hybridized carbons (Fsp3) is 0.833. The van der Waals surface area contributed by atoms with Gasteiger partial charge in [0.25, 0.3) is 0 Å². The van der Waals surface area contributed by atoms with E-state index in [-0.39, 0.29) is 17.9 Å². The number of halogens is 1. The molecule has 0 amide bonds. The Bertz CT molecular complexity index is 645. The molecule has 2 atom stereocenters.